The van der Waals surface area contributed by atoms with E-state index in [1.807, 2.05) is 30.3 Å². The Morgan fingerprint density at radius 3 is 2.42 bits per heavy atom. The van der Waals surface area contributed by atoms with E-state index in [0.29, 0.717) is 11.4 Å². The minimum Gasteiger partial charge on any atom is -0.484 e. The number of ether oxygens (including phenoxy) is 1. The maximum absolute atomic E-state index is 12.2. The van der Waals surface area contributed by atoms with E-state index >= 15 is 0 Å². The molecule has 2 aromatic carbocycles. The van der Waals surface area contributed by atoms with Gasteiger partial charge in [0.15, 0.2) is 6.61 Å². The Labute approximate surface area is 146 Å². The third kappa shape index (κ3) is 4.62. The number of hydrogen-bond acceptors (Lipinski definition) is 4. The quantitative estimate of drug-likeness (QED) is 0.724. The van der Waals surface area contributed by atoms with Gasteiger partial charge < -0.3 is 14.6 Å². The predicted octanol–water partition coefficient (Wildman–Crippen LogP) is 4.54. The minimum absolute atomic E-state index is 0.0150. The van der Waals surface area contributed by atoms with Crippen LogP contribution in [-0.4, -0.2) is 23.8 Å². The van der Waals surface area contributed by atoms with E-state index in [1.165, 1.54) is 30.3 Å². The number of hydrogen-bond donors (Lipinski definition) is 1. The second-order valence-electron chi connectivity index (χ2n) is 5.32. The lowest BCUT2D eigenvalue weighted by atomic mass is 10.1. The first kappa shape index (κ1) is 17.5. The minimum atomic E-state index is -4.41. The number of halogens is 3. The third-order valence-corrected chi connectivity index (χ3v) is 3.32. The summed E-state index contributed by atoms with van der Waals surface area (Å²) in [5.74, 6) is -0.462. The molecular formula is C18H13F3N2O3. The molecule has 1 heterocycles. The van der Waals surface area contributed by atoms with E-state index < -0.39 is 18.7 Å². The summed E-state index contributed by atoms with van der Waals surface area (Å²) in [5, 5.41) is 6.42. The molecule has 3 aromatic rings. The molecule has 0 aliphatic rings. The second-order valence-corrected chi connectivity index (χ2v) is 5.32. The first-order valence-electron chi connectivity index (χ1n) is 7.54. The number of anilines is 1. The van der Waals surface area contributed by atoms with Gasteiger partial charge in [-0.2, -0.15) is 13.2 Å². The fourth-order valence-corrected chi connectivity index (χ4v) is 2.12. The highest BCUT2D eigenvalue weighted by molar-refractivity contribution is 6.02. The standard InChI is InChI=1S/C18H13F3N2O3/c19-18(20,21)11-25-14-8-6-13(7-9-14)22-17(24)16-10-15(23-26-16)12-4-2-1-3-5-12/h1-10H,11H2,(H,22,24). The van der Waals surface area contributed by atoms with Crippen molar-refractivity contribution in [3.8, 4) is 17.0 Å². The summed E-state index contributed by atoms with van der Waals surface area (Å²) in [6.07, 6.45) is -4.41. The Bertz CT molecular complexity index is 875. The van der Waals surface area contributed by atoms with Gasteiger partial charge in [-0.25, -0.2) is 0 Å². The first-order valence-corrected chi connectivity index (χ1v) is 7.54. The number of carbonyl (C=O) groups is 1. The van der Waals surface area contributed by atoms with E-state index in [0.717, 1.165) is 5.56 Å². The molecule has 26 heavy (non-hydrogen) atoms. The molecule has 0 bridgehead atoms. The van der Waals surface area contributed by atoms with Crippen molar-refractivity contribution in [2.75, 3.05) is 11.9 Å². The summed E-state index contributed by atoms with van der Waals surface area (Å²) in [5.41, 5.74) is 1.71. The Morgan fingerprint density at radius 1 is 1.08 bits per heavy atom. The third-order valence-electron chi connectivity index (χ3n) is 3.32. The summed E-state index contributed by atoms with van der Waals surface area (Å²) in [6, 6.07) is 16.2. The van der Waals surface area contributed by atoms with Gasteiger partial charge in [-0.3, -0.25) is 4.79 Å². The van der Waals surface area contributed by atoms with Gasteiger partial charge in [-0.05, 0) is 24.3 Å². The van der Waals surface area contributed by atoms with Crippen molar-refractivity contribution >= 4 is 11.6 Å². The van der Waals surface area contributed by atoms with Gasteiger partial charge in [-0.1, -0.05) is 35.5 Å². The van der Waals surface area contributed by atoms with Gasteiger partial charge in [0, 0.05) is 17.3 Å². The van der Waals surface area contributed by atoms with Gasteiger partial charge in [0.05, 0.1) is 0 Å². The second kappa shape index (κ2) is 7.30. The predicted molar refractivity (Wildman–Crippen MR) is 87.9 cm³/mol. The molecule has 0 radical (unpaired) electrons. The van der Waals surface area contributed by atoms with Crippen LogP contribution in [0.25, 0.3) is 11.3 Å². The van der Waals surface area contributed by atoms with Crippen LogP contribution in [0, 0.1) is 0 Å². The van der Waals surface area contributed by atoms with Crippen LogP contribution in [0.1, 0.15) is 10.6 Å². The fraction of sp³-hybridized carbons (Fsp3) is 0.111. The number of alkyl halides is 3. The van der Waals surface area contributed by atoms with Crippen LogP contribution in [0.4, 0.5) is 18.9 Å². The molecule has 1 amide bonds. The zero-order valence-corrected chi connectivity index (χ0v) is 13.3. The molecule has 5 nitrogen and oxygen atoms in total. The summed E-state index contributed by atoms with van der Waals surface area (Å²) in [7, 11) is 0. The van der Waals surface area contributed by atoms with Crippen LogP contribution in [0.5, 0.6) is 5.75 Å². The van der Waals surface area contributed by atoms with Crippen molar-refractivity contribution in [3.05, 3.63) is 66.4 Å². The summed E-state index contributed by atoms with van der Waals surface area (Å²) in [4.78, 5) is 12.2. The van der Waals surface area contributed by atoms with E-state index in [1.54, 1.807) is 0 Å². The van der Waals surface area contributed by atoms with Gasteiger partial charge in [0.1, 0.15) is 11.4 Å². The lowest BCUT2D eigenvalue weighted by molar-refractivity contribution is -0.153. The van der Waals surface area contributed by atoms with Gasteiger partial charge >= 0.3 is 6.18 Å². The van der Waals surface area contributed by atoms with E-state index in [-0.39, 0.29) is 11.5 Å². The molecule has 0 aliphatic carbocycles. The van der Waals surface area contributed by atoms with Crippen molar-refractivity contribution in [3.63, 3.8) is 0 Å². The fourth-order valence-electron chi connectivity index (χ4n) is 2.12. The molecule has 0 spiro atoms. The maximum Gasteiger partial charge on any atom is 0.422 e. The van der Waals surface area contributed by atoms with Crippen LogP contribution in [-0.2, 0) is 0 Å². The molecule has 0 unspecified atom stereocenters. The summed E-state index contributed by atoms with van der Waals surface area (Å²) < 4.78 is 46.0. The number of nitrogens with one attached hydrogen (secondary N) is 1. The molecule has 134 valence electrons. The van der Waals surface area contributed by atoms with Crippen LogP contribution in [0.3, 0.4) is 0 Å². The van der Waals surface area contributed by atoms with Crippen LogP contribution in [0.15, 0.2) is 65.2 Å². The number of rotatable bonds is 5. The number of amides is 1. The largest absolute Gasteiger partial charge is 0.484 e. The SMILES string of the molecule is O=C(Nc1ccc(OCC(F)(F)F)cc1)c1cc(-c2ccccc2)no1. The monoisotopic (exact) mass is 362 g/mol. The maximum atomic E-state index is 12.2. The Morgan fingerprint density at radius 2 is 1.77 bits per heavy atom. The average Bonchev–Trinajstić information content (AvgIpc) is 3.11. The Balaban J connectivity index is 1.62. The molecule has 1 aromatic heterocycles. The molecule has 0 fully saturated rings. The van der Waals surface area contributed by atoms with Crippen LogP contribution in [0.2, 0.25) is 0 Å². The summed E-state index contributed by atoms with van der Waals surface area (Å²) in [6.45, 7) is -1.38. The van der Waals surface area contributed by atoms with E-state index in [9.17, 15) is 18.0 Å². The molecule has 8 heteroatoms. The summed E-state index contributed by atoms with van der Waals surface area (Å²) >= 11 is 0. The number of nitrogens with zero attached hydrogens (tertiary/aromatic N) is 1. The molecule has 0 saturated carbocycles. The Kier molecular flexibility index (Phi) is 4.92. The smallest absolute Gasteiger partial charge is 0.422 e. The van der Waals surface area contributed by atoms with Gasteiger partial charge in [0.2, 0.25) is 5.76 Å². The lowest BCUT2D eigenvalue weighted by Crippen LogP contribution is -2.19. The normalized spacial score (nSPS) is 11.2. The average molecular weight is 362 g/mol. The van der Waals surface area contributed by atoms with E-state index in [2.05, 4.69) is 15.2 Å². The van der Waals surface area contributed by atoms with Crippen molar-refractivity contribution < 1.29 is 27.2 Å². The molecule has 0 aliphatic heterocycles. The highest BCUT2D eigenvalue weighted by atomic mass is 19.4. The number of benzene rings is 2. The van der Waals surface area contributed by atoms with Crippen LogP contribution >= 0.6 is 0 Å². The zero-order valence-electron chi connectivity index (χ0n) is 13.3. The van der Waals surface area contributed by atoms with Gasteiger partial charge in [0.25, 0.3) is 5.91 Å². The lowest BCUT2D eigenvalue weighted by Gasteiger charge is -2.09. The highest BCUT2D eigenvalue weighted by Crippen LogP contribution is 2.22. The highest BCUT2D eigenvalue weighted by Gasteiger charge is 2.28. The van der Waals surface area contributed by atoms with Crippen molar-refractivity contribution in [1.82, 2.24) is 5.16 Å². The van der Waals surface area contributed by atoms with Gasteiger partial charge in [-0.15, -0.1) is 0 Å². The van der Waals surface area contributed by atoms with E-state index in [4.69, 9.17) is 4.52 Å². The number of aromatic nitrogens is 1. The molecule has 0 saturated heterocycles. The molecule has 0 atom stereocenters. The first-order chi connectivity index (χ1) is 12.4. The zero-order chi connectivity index (χ0) is 18.6. The Hall–Kier alpha value is -3.29. The molecule has 1 N–H and O–H groups in total. The molecular weight excluding hydrogens is 349 g/mol. The van der Waals surface area contributed by atoms with Crippen LogP contribution < -0.4 is 10.1 Å². The van der Waals surface area contributed by atoms with Crippen molar-refractivity contribution in [2.45, 2.75) is 6.18 Å². The number of carbonyl (C=O) groups excluding carboxylic acids is 1. The van der Waals surface area contributed by atoms with Crippen molar-refractivity contribution in [1.29, 1.82) is 0 Å². The van der Waals surface area contributed by atoms with Crippen molar-refractivity contribution in [2.24, 2.45) is 0 Å². The topological polar surface area (TPSA) is 64.4 Å². The molecule has 3 rings (SSSR count).